The van der Waals surface area contributed by atoms with Crippen LogP contribution < -0.4 is 5.32 Å². The summed E-state index contributed by atoms with van der Waals surface area (Å²) in [6.45, 7) is -0.00853. The Balaban J connectivity index is 1.87. The highest BCUT2D eigenvalue weighted by atomic mass is 32.2. The van der Waals surface area contributed by atoms with E-state index in [1.807, 2.05) is 6.07 Å². The van der Waals surface area contributed by atoms with Crippen LogP contribution in [-0.2, 0) is 9.84 Å². The number of sulfone groups is 1. The summed E-state index contributed by atoms with van der Waals surface area (Å²) >= 11 is 1.17. The van der Waals surface area contributed by atoms with Crippen LogP contribution in [0.15, 0.2) is 76.6 Å². The van der Waals surface area contributed by atoms with Crippen LogP contribution in [0.5, 0.6) is 0 Å². The van der Waals surface area contributed by atoms with Crippen molar-refractivity contribution in [3.05, 3.63) is 83.5 Å². The van der Waals surface area contributed by atoms with Crippen molar-refractivity contribution >= 4 is 27.1 Å². The number of amides is 1. The fraction of sp³-hybridized carbons (Fsp3) is 0.111. The van der Waals surface area contributed by atoms with E-state index in [-0.39, 0.29) is 12.5 Å². The molecule has 3 aromatic rings. The lowest BCUT2D eigenvalue weighted by Crippen LogP contribution is -2.31. The molecule has 3 rings (SSSR count). The summed E-state index contributed by atoms with van der Waals surface area (Å²) < 4.78 is 26.3. The molecule has 1 amide bonds. The number of thiophene rings is 1. The van der Waals surface area contributed by atoms with Gasteiger partial charge in [-0.3, -0.25) is 9.78 Å². The molecule has 0 spiro atoms. The Labute approximate surface area is 150 Å². The minimum atomic E-state index is -3.60. The Morgan fingerprint density at radius 2 is 1.76 bits per heavy atom. The van der Waals surface area contributed by atoms with E-state index in [4.69, 9.17) is 0 Å². The Hall–Kier alpha value is -2.51. The van der Waals surface area contributed by atoms with Crippen LogP contribution in [0, 0.1) is 0 Å². The van der Waals surface area contributed by atoms with Gasteiger partial charge in [-0.05, 0) is 29.1 Å². The average molecular weight is 372 g/mol. The Bertz CT molecular complexity index is 925. The van der Waals surface area contributed by atoms with Gasteiger partial charge in [0.25, 0.3) is 5.91 Å². The number of carbonyl (C=O) groups excluding carboxylic acids is 1. The summed E-state index contributed by atoms with van der Waals surface area (Å²) in [5, 5.41) is 3.60. The summed E-state index contributed by atoms with van der Waals surface area (Å²) in [4.78, 5) is 16.1. The zero-order valence-electron chi connectivity index (χ0n) is 13.2. The quantitative estimate of drug-likeness (QED) is 0.721. The molecule has 0 saturated carbocycles. The maximum Gasteiger partial charge on any atom is 0.251 e. The standard InChI is InChI=1S/C18H16N2O3S2/c21-18(15-8-10-19-11-9-15)20-13-16(14-5-2-1-3-6-14)25(22,23)17-7-4-12-24-17/h1-12,16H,13H2,(H,20,21)/t16-/m0/s1. The van der Waals surface area contributed by atoms with Gasteiger partial charge in [-0.25, -0.2) is 8.42 Å². The topological polar surface area (TPSA) is 76.1 Å². The molecule has 25 heavy (non-hydrogen) atoms. The van der Waals surface area contributed by atoms with Crippen LogP contribution in [-0.4, -0.2) is 25.9 Å². The normalized spacial score (nSPS) is 12.5. The SMILES string of the molecule is O=C(NC[C@@H](c1ccccc1)S(=O)(=O)c1cccs1)c1ccncc1. The molecule has 7 heteroatoms. The molecule has 0 saturated heterocycles. The predicted octanol–water partition coefficient (Wildman–Crippen LogP) is 3.09. The fourth-order valence-corrected chi connectivity index (χ4v) is 5.30. The third-order valence-corrected chi connectivity index (χ3v) is 7.24. The lowest BCUT2D eigenvalue weighted by molar-refractivity contribution is 0.0953. The molecule has 0 aliphatic rings. The maximum absolute atomic E-state index is 13.0. The highest BCUT2D eigenvalue weighted by Gasteiger charge is 2.30. The van der Waals surface area contributed by atoms with Gasteiger partial charge in [0.2, 0.25) is 0 Å². The first kappa shape index (κ1) is 17.3. The molecule has 1 N–H and O–H groups in total. The molecule has 1 aromatic carbocycles. The van der Waals surface area contributed by atoms with Crippen molar-refractivity contribution in [1.82, 2.24) is 10.3 Å². The first-order valence-electron chi connectivity index (χ1n) is 7.59. The second kappa shape index (κ2) is 7.58. The van der Waals surface area contributed by atoms with E-state index in [1.54, 1.807) is 53.9 Å². The van der Waals surface area contributed by atoms with Crippen molar-refractivity contribution in [3.8, 4) is 0 Å². The largest absolute Gasteiger partial charge is 0.350 e. The number of nitrogens with one attached hydrogen (secondary N) is 1. The summed E-state index contributed by atoms with van der Waals surface area (Å²) in [7, 11) is -3.60. The zero-order valence-corrected chi connectivity index (χ0v) is 14.8. The van der Waals surface area contributed by atoms with Gasteiger partial charge in [0.1, 0.15) is 9.46 Å². The molecule has 0 unspecified atom stereocenters. The molecule has 0 bridgehead atoms. The third-order valence-electron chi connectivity index (χ3n) is 3.71. The van der Waals surface area contributed by atoms with Crippen molar-refractivity contribution < 1.29 is 13.2 Å². The van der Waals surface area contributed by atoms with Crippen LogP contribution >= 0.6 is 11.3 Å². The number of nitrogens with zero attached hydrogens (tertiary/aromatic N) is 1. The molecule has 5 nitrogen and oxygen atoms in total. The first-order valence-corrected chi connectivity index (χ1v) is 10.0. The van der Waals surface area contributed by atoms with Gasteiger partial charge >= 0.3 is 0 Å². The van der Waals surface area contributed by atoms with Gasteiger partial charge in [-0.2, -0.15) is 0 Å². The van der Waals surface area contributed by atoms with Gasteiger partial charge in [0, 0.05) is 24.5 Å². The van der Waals surface area contributed by atoms with Crippen molar-refractivity contribution in [2.24, 2.45) is 0 Å². The number of aromatic nitrogens is 1. The second-order valence-corrected chi connectivity index (χ2v) is 8.63. The van der Waals surface area contributed by atoms with Gasteiger partial charge in [0.05, 0.1) is 0 Å². The number of pyridine rings is 1. The van der Waals surface area contributed by atoms with E-state index in [0.29, 0.717) is 15.3 Å². The summed E-state index contributed by atoms with van der Waals surface area (Å²) in [6, 6.07) is 15.4. The number of benzene rings is 1. The molecule has 0 radical (unpaired) electrons. The van der Waals surface area contributed by atoms with Crippen molar-refractivity contribution in [2.45, 2.75) is 9.46 Å². The van der Waals surface area contributed by atoms with Crippen molar-refractivity contribution in [2.75, 3.05) is 6.54 Å². The number of carbonyl (C=O) groups is 1. The summed E-state index contributed by atoms with van der Waals surface area (Å²) in [6.07, 6.45) is 3.04. The number of hydrogen-bond donors (Lipinski definition) is 1. The van der Waals surface area contributed by atoms with Crippen LogP contribution in [0.1, 0.15) is 21.2 Å². The molecule has 0 aliphatic heterocycles. The van der Waals surface area contributed by atoms with E-state index in [2.05, 4.69) is 10.3 Å². The lowest BCUT2D eigenvalue weighted by Gasteiger charge is -2.18. The molecular formula is C18H16N2O3S2. The van der Waals surface area contributed by atoms with Crippen LogP contribution in [0.3, 0.4) is 0 Å². The lowest BCUT2D eigenvalue weighted by atomic mass is 10.1. The van der Waals surface area contributed by atoms with Gasteiger partial charge in [0.15, 0.2) is 9.84 Å². The predicted molar refractivity (Wildman–Crippen MR) is 97.3 cm³/mol. The van der Waals surface area contributed by atoms with E-state index in [0.717, 1.165) is 0 Å². The minimum Gasteiger partial charge on any atom is -0.350 e. The Morgan fingerprint density at radius 3 is 2.40 bits per heavy atom. The maximum atomic E-state index is 13.0. The molecule has 128 valence electrons. The van der Waals surface area contributed by atoms with E-state index in [9.17, 15) is 13.2 Å². The van der Waals surface area contributed by atoms with E-state index in [1.165, 1.54) is 23.7 Å². The molecule has 2 heterocycles. The van der Waals surface area contributed by atoms with Crippen molar-refractivity contribution in [3.63, 3.8) is 0 Å². The van der Waals surface area contributed by atoms with Crippen LogP contribution in [0.4, 0.5) is 0 Å². The molecule has 2 aromatic heterocycles. The summed E-state index contributed by atoms with van der Waals surface area (Å²) in [5.74, 6) is -0.329. The number of rotatable bonds is 6. The van der Waals surface area contributed by atoms with Crippen molar-refractivity contribution in [1.29, 1.82) is 0 Å². The van der Waals surface area contributed by atoms with Crippen LogP contribution in [0.25, 0.3) is 0 Å². The highest BCUT2D eigenvalue weighted by Crippen LogP contribution is 2.31. The smallest absolute Gasteiger partial charge is 0.251 e. The van der Waals surface area contributed by atoms with E-state index >= 15 is 0 Å². The zero-order chi connectivity index (χ0) is 17.7. The van der Waals surface area contributed by atoms with Gasteiger partial charge in [-0.1, -0.05) is 36.4 Å². The second-order valence-electron chi connectivity index (χ2n) is 5.32. The monoisotopic (exact) mass is 372 g/mol. The average Bonchev–Trinajstić information content (AvgIpc) is 3.19. The number of hydrogen-bond acceptors (Lipinski definition) is 5. The minimum absolute atomic E-state index is 0.00853. The Kier molecular flexibility index (Phi) is 5.25. The van der Waals surface area contributed by atoms with Crippen LogP contribution in [0.2, 0.25) is 0 Å². The molecular weight excluding hydrogens is 356 g/mol. The highest BCUT2D eigenvalue weighted by molar-refractivity contribution is 7.93. The molecule has 0 aliphatic carbocycles. The van der Waals surface area contributed by atoms with Gasteiger partial charge in [-0.15, -0.1) is 11.3 Å². The molecule has 0 fully saturated rings. The fourth-order valence-electron chi connectivity index (χ4n) is 2.43. The molecule has 1 atom stereocenters. The van der Waals surface area contributed by atoms with E-state index < -0.39 is 15.1 Å². The van der Waals surface area contributed by atoms with Gasteiger partial charge < -0.3 is 5.32 Å². The first-order chi connectivity index (χ1) is 12.1. The Morgan fingerprint density at radius 1 is 1.04 bits per heavy atom. The third kappa shape index (κ3) is 3.94. The summed E-state index contributed by atoms with van der Waals surface area (Å²) in [5.41, 5.74) is 1.08.